The molecule has 0 bridgehead atoms. The van der Waals surface area contributed by atoms with Crippen molar-refractivity contribution in [1.29, 1.82) is 0 Å². The molecule has 28 heavy (non-hydrogen) atoms. The highest BCUT2D eigenvalue weighted by Gasteiger charge is 2.28. The largest absolute Gasteiger partial charge is 0.497 e. The molecular weight excluding hydrogens is 378 g/mol. The number of nitrogens with one attached hydrogen (secondary N) is 1. The van der Waals surface area contributed by atoms with Crippen LogP contribution in [0.2, 0.25) is 0 Å². The quantitative estimate of drug-likeness (QED) is 0.750. The maximum absolute atomic E-state index is 11.8. The zero-order valence-corrected chi connectivity index (χ0v) is 17.7. The van der Waals surface area contributed by atoms with Gasteiger partial charge in [-0.15, -0.1) is 10.2 Å². The van der Waals surface area contributed by atoms with E-state index in [0.717, 1.165) is 44.2 Å². The Balaban J connectivity index is 1.73. The Labute approximate surface area is 167 Å². The summed E-state index contributed by atoms with van der Waals surface area (Å²) in [6, 6.07) is 7.74. The first kappa shape index (κ1) is 20.8. The Morgan fingerprint density at radius 3 is 2.46 bits per heavy atom. The summed E-state index contributed by atoms with van der Waals surface area (Å²) in [7, 11) is -1.67. The standard InChI is InChI=1S/C19H29N5O3S/c1-14(2)18(22-28(4,25)26)19-21-20-17-9-10-23(11-12-24(17)19)13-15-5-7-16(27-3)8-6-15/h5-8,14,18,22H,9-13H2,1-4H3. The minimum absolute atomic E-state index is 0.0710. The third-order valence-corrected chi connectivity index (χ3v) is 5.68. The van der Waals surface area contributed by atoms with E-state index in [9.17, 15) is 8.42 Å². The van der Waals surface area contributed by atoms with Crippen molar-refractivity contribution in [2.75, 3.05) is 26.5 Å². The maximum Gasteiger partial charge on any atom is 0.209 e. The molecule has 2 heterocycles. The second-order valence-corrected chi connectivity index (χ2v) is 9.39. The third kappa shape index (κ3) is 5.09. The Hall–Kier alpha value is -1.97. The van der Waals surface area contributed by atoms with Crippen LogP contribution in [-0.2, 0) is 29.5 Å². The third-order valence-electron chi connectivity index (χ3n) is 5.00. The molecule has 0 saturated heterocycles. The molecule has 0 saturated carbocycles. The van der Waals surface area contributed by atoms with Gasteiger partial charge in [-0.05, 0) is 23.6 Å². The van der Waals surface area contributed by atoms with Gasteiger partial charge in [-0.1, -0.05) is 26.0 Å². The average Bonchev–Trinajstić information content (AvgIpc) is 2.93. The molecule has 2 aromatic rings. The number of sulfonamides is 1. The Kier molecular flexibility index (Phi) is 6.36. The van der Waals surface area contributed by atoms with Gasteiger partial charge in [0.2, 0.25) is 10.0 Å². The van der Waals surface area contributed by atoms with Gasteiger partial charge in [0.1, 0.15) is 11.6 Å². The Bertz CT molecular complexity index is 893. The fourth-order valence-electron chi connectivity index (χ4n) is 3.48. The van der Waals surface area contributed by atoms with Crippen molar-refractivity contribution in [1.82, 2.24) is 24.4 Å². The van der Waals surface area contributed by atoms with Crippen LogP contribution in [0.5, 0.6) is 5.75 Å². The summed E-state index contributed by atoms with van der Waals surface area (Å²) >= 11 is 0. The Morgan fingerprint density at radius 2 is 1.86 bits per heavy atom. The van der Waals surface area contributed by atoms with Gasteiger partial charge >= 0.3 is 0 Å². The van der Waals surface area contributed by atoms with Crippen LogP contribution in [0.3, 0.4) is 0 Å². The number of fused-ring (bicyclic) bond motifs is 1. The second kappa shape index (κ2) is 8.59. The van der Waals surface area contributed by atoms with Crippen molar-refractivity contribution in [2.45, 2.75) is 39.4 Å². The van der Waals surface area contributed by atoms with Gasteiger partial charge in [0.05, 0.1) is 19.4 Å². The number of hydrogen-bond donors (Lipinski definition) is 1. The van der Waals surface area contributed by atoms with Gasteiger partial charge in [0.25, 0.3) is 0 Å². The van der Waals surface area contributed by atoms with Crippen LogP contribution in [0.4, 0.5) is 0 Å². The van der Waals surface area contributed by atoms with Crippen LogP contribution in [0.15, 0.2) is 24.3 Å². The molecule has 1 aromatic carbocycles. The average molecular weight is 408 g/mol. The first-order valence-corrected chi connectivity index (χ1v) is 11.4. The van der Waals surface area contributed by atoms with E-state index in [2.05, 4.69) is 36.5 Å². The number of nitrogens with zero attached hydrogens (tertiary/aromatic N) is 4. The smallest absolute Gasteiger partial charge is 0.209 e. The first-order valence-electron chi connectivity index (χ1n) is 9.51. The first-order chi connectivity index (χ1) is 13.3. The molecule has 0 radical (unpaired) electrons. The van der Waals surface area contributed by atoms with Crippen molar-refractivity contribution in [3.05, 3.63) is 41.5 Å². The molecule has 1 aliphatic heterocycles. The highest BCUT2D eigenvalue weighted by atomic mass is 32.2. The molecule has 0 spiro atoms. The van der Waals surface area contributed by atoms with Crippen molar-refractivity contribution in [3.63, 3.8) is 0 Å². The Morgan fingerprint density at radius 1 is 1.14 bits per heavy atom. The van der Waals surface area contributed by atoms with Gasteiger partial charge in [-0.25, -0.2) is 13.1 Å². The van der Waals surface area contributed by atoms with Crippen LogP contribution in [0.1, 0.15) is 37.1 Å². The fraction of sp³-hybridized carbons (Fsp3) is 0.579. The normalized spacial score (nSPS) is 16.6. The maximum atomic E-state index is 11.8. The second-order valence-electron chi connectivity index (χ2n) is 7.61. The lowest BCUT2D eigenvalue weighted by molar-refractivity contribution is 0.268. The summed E-state index contributed by atoms with van der Waals surface area (Å²) in [5, 5.41) is 8.68. The molecule has 8 nitrogen and oxygen atoms in total. The van der Waals surface area contributed by atoms with Gasteiger partial charge in [0.15, 0.2) is 5.82 Å². The van der Waals surface area contributed by atoms with E-state index < -0.39 is 10.0 Å². The lowest BCUT2D eigenvalue weighted by atomic mass is 10.1. The molecule has 0 aliphatic carbocycles. The monoisotopic (exact) mass is 407 g/mol. The summed E-state index contributed by atoms with van der Waals surface area (Å²) in [5.41, 5.74) is 1.23. The van der Waals surface area contributed by atoms with Crippen molar-refractivity contribution >= 4 is 10.0 Å². The van der Waals surface area contributed by atoms with E-state index in [0.29, 0.717) is 5.82 Å². The predicted molar refractivity (Wildman–Crippen MR) is 108 cm³/mol. The summed E-state index contributed by atoms with van der Waals surface area (Å²) in [4.78, 5) is 2.38. The van der Waals surface area contributed by atoms with Crippen molar-refractivity contribution in [2.24, 2.45) is 5.92 Å². The number of hydrogen-bond acceptors (Lipinski definition) is 6. The highest BCUT2D eigenvalue weighted by molar-refractivity contribution is 7.88. The minimum atomic E-state index is -3.34. The highest BCUT2D eigenvalue weighted by Crippen LogP contribution is 2.23. The van der Waals surface area contributed by atoms with E-state index in [1.807, 2.05) is 26.0 Å². The molecule has 1 N–H and O–H groups in total. The number of ether oxygens (including phenoxy) is 1. The van der Waals surface area contributed by atoms with E-state index >= 15 is 0 Å². The van der Waals surface area contributed by atoms with Gasteiger partial charge in [0, 0.05) is 32.6 Å². The zero-order chi connectivity index (χ0) is 20.3. The predicted octanol–water partition coefficient (Wildman–Crippen LogP) is 1.59. The van der Waals surface area contributed by atoms with Crippen molar-refractivity contribution < 1.29 is 13.2 Å². The fourth-order valence-corrected chi connectivity index (χ4v) is 4.32. The van der Waals surface area contributed by atoms with E-state index in [-0.39, 0.29) is 12.0 Å². The van der Waals surface area contributed by atoms with Crippen LogP contribution < -0.4 is 9.46 Å². The number of methoxy groups -OCH3 is 1. The molecule has 1 atom stereocenters. The van der Waals surface area contributed by atoms with Crippen molar-refractivity contribution in [3.8, 4) is 5.75 Å². The summed E-state index contributed by atoms with van der Waals surface area (Å²) in [5.74, 6) is 2.53. The van der Waals surface area contributed by atoms with E-state index in [1.54, 1.807) is 7.11 Å². The molecule has 1 aliphatic rings. The minimum Gasteiger partial charge on any atom is -0.497 e. The molecule has 1 aromatic heterocycles. The molecule has 0 amide bonds. The summed E-state index contributed by atoms with van der Waals surface area (Å²) in [6.07, 6.45) is 1.96. The van der Waals surface area contributed by atoms with Gasteiger partial charge in [-0.3, -0.25) is 4.90 Å². The van der Waals surface area contributed by atoms with Gasteiger partial charge in [-0.2, -0.15) is 0 Å². The summed E-state index contributed by atoms with van der Waals surface area (Å²) in [6.45, 7) is 7.30. The van der Waals surface area contributed by atoms with Crippen LogP contribution in [0.25, 0.3) is 0 Å². The molecule has 9 heteroatoms. The van der Waals surface area contributed by atoms with Crippen LogP contribution in [-0.4, -0.2) is 54.5 Å². The molecular formula is C19H29N5O3S. The number of benzene rings is 1. The molecule has 154 valence electrons. The molecule has 1 unspecified atom stereocenters. The van der Waals surface area contributed by atoms with Gasteiger partial charge < -0.3 is 9.30 Å². The topological polar surface area (TPSA) is 89.3 Å². The zero-order valence-electron chi connectivity index (χ0n) is 16.9. The summed E-state index contributed by atoms with van der Waals surface area (Å²) < 4.78 is 33.6. The lowest BCUT2D eigenvalue weighted by Gasteiger charge is -2.22. The van der Waals surface area contributed by atoms with E-state index in [1.165, 1.54) is 11.8 Å². The number of rotatable bonds is 7. The lowest BCUT2D eigenvalue weighted by Crippen LogP contribution is -2.33. The van der Waals surface area contributed by atoms with Crippen LogP contribution >= 0.6 is 0 Å². The molecule has 0 fully saturated rings. The molecule has 3 rings (SSSR count). The SMILES string of the molecule is COc1ccc(CN2CCc3nnc(C(NS(C)(=O)=O)C(C)C)n3CC2)cc1. The van der Waals surface area contributed by atoms with E-state index in [4.69, 9.17) is 4.74 Å². The number of aromatic nitrogens is 3. The van der Waals surface area contributed by atoms with Crippen LogP contribution in [0, 0.1) is 5.92 Å².